The van der Waals surface area contributed by atoms with E-state index in [0.29, 0.717) is 0 Å². The van der Waals surface area contributed by atoms with Crippen molar-refractivity contribution in [3.63, 3.8) is 0 Å². The number of hydrazine groups is 1. The molecule has 0 saturated carbocycles. The van der Waals surface area contributed by atoms with Gasteiger partial charge in [-0.1, -0.05) is 32.4 Å². The van der Waals surface area contributed by atoms with E-state index in [1.807, 2.05) is 0 Å². The fraction of sp³-hybridized carbons (Fsp3) is 0.333. The average molecular weight is 300 g/mol. The van der Waals surface area contributed by atoms with Crippen LogP contribution >= 0.6 is 11.6 Å². The molecule has 0 aliphatic rings. The van der Waals surface area contributed by atoms with Gasteiger partial charge in [-0.15, -0.1) is 0 Å². The van der Waals surface area contributed by atoms with Crippen molar-refractivity contribution < 1.29 is 14.5 Å². The quantitative estimate of drug-likeness (QED) is 0.644. The minimum absolute atomic E-state index is 0.145. The Hall–Kier alpha value is -2.15. The molecule has 0 spiro atoms. The second-order valence-corrected chi connectivity index (χ2v) is 5.51. The summed E-state index contributed by atoms with van der Waals surface area (Å²) >= 11 is 5.65. The van der Waals surface area contributed by atoms with Crippen LogP contribution in [0.3, 0.4) is 0 Å². The molecule has 0 radical (unpaired) electrons. The number of benzene rings is 1. The third-order valence-corrected chi connectivity index (χ3v) is 2.61. The second-order valence-electron chi connectivity index (χ2n) is 5.08. The molecule has 0 aliphatic carbocycles. The number of carbonyl (C=O) groups excluding carboxylic acids is 2. The van der Waals surface area contributed by atoms with Crippen LogP contribution in [0.4, 0.5) is 5.69 Å². The zero-order valence-electron chi connectivity index (χ0n) is 11.2. The van der Waals surface area contributed by atoms with Crippen LogP contribution in [0.5, 0.6) is 0 Å². The van der Waals surface area contributed by atoms with E-state index < -0.39 is 27.8 Å². The van der Waals surface area contributed by atoms with Gasteiger partial charge in [0.1, 0.15) is 5.56 Å². The average Bonchev–Trinajstić information content (AvgIpc) is 2.34. The van der Waals surface area contributed by atoms with Crippen LogP contribution in [0.25, 0.3) is 0 Å². The van der Waals surface area contributed by atoms with Crippen LogP contribution in [-0.2, 0) is 4.79 Å². The number of carbonyl (C=O) groups is 2. The van der Waals surface area contributed by atoms with Crippen molar-refractivity contribution in [2.75, 3.05) is 0 Å². The first kappa shape index (κ1) is 15.9. The number of halogens is 1. The molecular weight excluding hydrogens is 286 g/mol. The summed E-state index contributed by atoms with van der Waals surface area (Å²) in [6, 6.07) is 3.65. The number of nitrogens with zero attached hydrogens (tertiary/aromatic N) is 1. The zero-order chi connectivity index (χ0) is 15.5. The summed E-state index contributed by atoms with van der Waals surface area (Å²) in [5.74, 6) is -1.20. The first-order chi connectivity index (χ1) is 9.12. The Morgan fingerprint density at radius 2 is 1.85 bits per heavy atom. The second kappa shape index (κ2) is 5.87. The van der Waals surface area contributed by atoms with E-state index in [-0.39, 0.29) is 10.6 Å². The van der Waals surface area contributed by atoms with Gasteiger partial charge in [-0.2, -0.15) is 0 Å². The van der Waals surface area contributed by atoms with Gasteiger partial charge in [0.25, 0.3) is 11.6 Å². The number of nitro benzene ring substituents is 1. The molecule has 8 heteroatoms. The third kappa shape index (κ3) is 3.92. The van der Waals surface area contributed by atoms with Gasteiger partial charge in [-0.05, 0) is 12.1 Å². The van der Waals surface area contributed by atoms with Crippen molar-refractivity contribution in [1.29, 1.82) is 0 Å². The standard InChI is InChI=1S/C12H14ClN3O4/c1-12(2,3)11(18)15-14-10(17)8-5-4-7(13)6-9(8)16(19)20/h4-6H,1-3H3,(H,14,17)(H,15,18). The first-order valence-corrected chi connectivity index (χ1v) is 6.05. The Kier molecular flexibility index (Phi) is 4.67. The summed E-state index contributed by atoms with van der Waals surface area (Å²) in [6.45, 7) is 5.00. The Bertz CT molecular complexity index is 566. The molecule has 0 atom stereocenters. The maximum Gasteiger partial charge on any atom is 0.283 e. The van der Waals surface area contributed by atoms with Gasteiger partial charge >= 0.3 is 0 Å². The molecule has 0 fully saturated rings. The maximum atomic E-state index is 11.8. The Morgan fingerprint density at radius 3 is 2.35 bits per heavy atom. The minimum atomic E-state index is -0.786. The van der Waals surface area contributed by atoms with Crippen molar-refractivity contribution in [2.24, 2.45) is 5.41 Å². The lowest BCUT2D eigenvalue weighted by molar-refractivity contribution is -0.385. The van der Waals surface area contributed by atoms with E-state index in [1.165, 1.54) is 12.1 Å². The molecule has 1 aromatic rings. The summed E-state index contributed by atoms with van der Waals surface area (Å²) in [5, 5.41) is 11.0. The summed E-state index contributed by atoms with van der Waals surface area (Å²) in [6.07, 6.45) is 0. The number of nitrogens with one attached hydrogen (secondary N) is 2. The molecule has 0 unspecified atom stereocenters. The summed E-state index contributed by atoms with van der Waals surface area (Å²) < 4.78 is 0. The topological polar surface area (TPSA) is 101 Å². The van der Waals surface area contributed by atoms with Crippen molar-refractivity contribution in [3.8, 4) is 0 Å². The van der Waals surface area contributed by atoms with Gasteiger partial charge in [0.15, 0.2) is 0 Å². The van der Waals surface area contributed by atoms with E-state index in [4.69, 9.17) is 11.6 Å². The van der Waals surface area contributed by atoms with Gasteiger partial charge in [-0.3, -0.25) is 30.6 Å². The number of hydrogen-bond donors (Lipinski definition) is 2. The van der Waals surface area contributed by atoms with Crippen LogP contribution in [-0.4, -0.2) is 16.7 Å². The molecule has 1 rings (SSSR count). The van der Waals surface area contributed by atoms with Crippen molar-refractivity contribution in [1.82, 2.24) is 10.9 Å². The van der Waals surface area contributed by atoms with Crippen molar-refractivity contribution in [3.05, 3.63) is 38.9 Å². The van der Waals surface area contributed by atoms with Gasteiger partial charge in [0, 0.05) is 16.5 Å². The lowest BCUT2D eigenvalue weighted by Crippen LogP contribution is -2.46. The Balaban J connectivity index is 2.89. The summed E-state index contributed by atoms with van der Waals surface area (Å²) in [5.41, 5.74) is 3.03. The number of amides is 2. The molecule has 20 heavy (non-hydrogen) atoms. The molecule has 0 aromatic heterocycles. The van der Waals surface area contributed by atoms with Crippen molar-refractivity contribution in [2.45, 2.75) is 20.8 Å². The smallest absolute Gasteiger partial charge is 0.273 e. The number of nitro groups is 1. The van der Waals surface area contributed by atoms with E-state index in [9.17, 15) is 19.7 Å². The normalized spacial score (nSPS) is 10.8. The Morgan fingerprint density at radius 1 is 1.25 bits per heavy atom. The largest absolute Gasteiger partial charge is 0.283 e. The van der Waals surface area contributed by atoms with Gasteiger partial charge in [0.05, 0.1) is 4.92 Å². The van der Waals surface area contributed by atoms with E-state index in [2.05, 4.69) is 10.9 Å². The fourth-order valence-electron chi connectivity index (χ4n) is 1.22. The molecule has 1 aromatic carbocycles. The monoisotopic (exact) mass is 299 g/mol. The van der Waals surface area contributed by atoms with Crippen LogP contribution in [0, 0.1) is 15.5 Å². The lowest BCUT2D eigenvalue weighted by Gasteiger charge is -2.17. The minimum Gasteiger partial charge on any atom is -0.273 e. The van der Waals surface area contributed by atoms with Gasteiger partial charge in [0.2, 0.25) is 5.91 Å². The highest BCUT2D eigenvalue weighted by Crippen LogP contribution is 2.23. The molecule has 0 saturated heterocycles. The predicted octanol–water partition coefficient (Wildman–Crippen LogP) is 2.06. The van der Waals surface area contributed by atoms with E-state index in [0.717, 1.165) is 6.07 Å². The van der Waals surface area contributed by atoms with Crippen LogP contribution < -0.4 is 10.9 Å². The predicted molar refractivity (Wildman–Crippen MR) is 73.2 cm³/mol. The maximum absolute atomic E-state index is 11.8. The highest BCUT2D eigenvalue weighted by molar-refractivity contribution is 6.31. The molecular formula is C12H14ClN3O4. The molecule has 0 heterocycles. The van der Waals surface area contributed by atoms with Gasteiger partial charge < -0.3 is 0 Å². The molecule has 108 valence electrons. The summed E-state index contributed by atoms with van der Waals surface area (Å²) in [4.78, 5) is 33.6. The van der Waals surface area contributed by atoms with Gasteiger partial charge in [-0.25, -0.2) is 0 Å². The molecule has 7 nitrogen and oxygen atoms in total. The zero-order valence-corrected chi connectivity index (χ0v) is 11.9. The van der Waals surface area contributed by atoms with Crippen molar-refractivity contribution >= 4 is 29.1 Å². The third-order valence-electron chi connectivity index (χ3n) is 2.37. The fourth-order valence-corrected chi connectivity index (χ4v) is 1.38. The Labute approximate surface area is 120 Å². The lowest BCUT2D eigenvalue weighted by atomic mass is 9.96. The highest BCUT2D eigenvalue weighted by atomic mass is 35.5. The first-order valence-electron chi connectivity index (χ1n) is 5.67. The molecule has 0 aliphatic heterocycles. The van der Waals surface area contributed by atoms with Crippen LogP contribution in [0.15, 0.2) is 18.2 Å². The molecule has 2 N–H and O–H groups in total. The SMILES string of the molecule is CC(C)(C)C(=O)NNC(=O)c1ccc(Cl)cc1[N+](=O)[O-]. The number of hydrogen-bond acceptors (Lipinski definition) is 4. The van der Waals surface area contributed by atoms with Crippen LogP contribution in [0.2, 0.25) is 5.02 Å². The number of rotatable bonds is 2. The molecule has 0 bridgehead atoms. The summed E-state index contributed by atoms with van der Waals surface area (Å²) in [7, 11) is 0. The molecule has 2 amide bonds. The van der Waals surface area contributed by atoms with E-state index in [1.54, 1.807) is 20.8 Å². The van der Waals surface area contributed by atoms with E-state index >= 15 is 0 Å². The highest BCUT2D eigenvalue weighted by Gasteiger charge is 2.24. The van der Waals surface area contributed by atoms with Crippen LogP contribution in [0.1, 0.15) is 31.1 Å².